The highest BCUT2D eigenvalue weighted by molar-refractivity contribution is 7.92. The van der Waals surface area contributed by atoms with Crippen LogP contribution in [-0.2, 0) is 23.6 Å². The lowest BCUT2D eigenvalue weighted by atomic mass is 10.0. The number of hydrogen-bond acceptors (Lipinski definition) is 5. The van der Waals surface area contributed by atoms with Gasteiger partial charge in [0.15, 0.2) is 0 Å². The lowest BCUT2D eigenvalue weighted by Gasteiger charge is -2.32. The first-order valence-electron chi connectivity index (χ1n) is 13.4. The number of likely N-dealkylation sites (tertiary alicyclic amines) is 1. The molecule has 9 nitrogen and oxygen atoms in total. The summed E-state index contributed by atoms with van der Waals surface area (Å²) in [6.07, 6.45) is 1.58. The molecule has 1 saturated heterocycles. The van der Waals surface area contributed by atoms with E-state index in [-0.39, 0.29) is 33.1 Å². The van der Waals surface area contributed by atoms with Crippen molar-refractivity contribution in [2.75, 3.05) is 17.8 Å². The van der Waals surface area contributed by atoms with Crippen LogP contribution in [0.3, 0.4) is 0 Å². The van der Waals surface area contributed by atoms with Gasteiger partial charge in [0.2, 0.25) is 0 Å². The lowest BCUT2D eigenvalue weighted by Crippen LogP contribution is -2.44. The summed E-state index contributed by atoms with van der Waals surface area (Å²) >= 11 is 6.29. The Hall–Kier alpha value is -3.86. The van der Waals surface area contributed by atoms with Crippen molar-refractivity contribution in [2.45, 2.75) is 37.2 Å². The number of carbonyl (C=O) groups is 1. The molecule has 4 aromatic rings. The average Bonchev–Trinajstić information content (AvgIpc) is 3.17. The topological polar surface area (TPSA) is 105 Å². The number of rotatable bonds is 8. The molecule has 1 aliphatic rings. The predicted octanol–water partition coefficient (Wildman–Crippen LogP) is 4.33. The molecule has 0 bridgehead atoms. The fraction of sp³-hybridized carbons (Fsp3) is 0.267. The molecule has 1 aliphatic heterocycles. The van der Waals surface area contributed by atoms with Gasteiger partial charge in [-0.1, -0.05) is 60.1 Å². The van der Waals surface area contributed by atoms with E-state index in [1.807, 2.05) is 24.3 Å². The van der Waals surface area contributed by atoms with Crippen molar-refractivity contribution in [1.82, 2.24) is 19.6 Å². The van der Waals surface area contributed by atoms with Gasteiger partial charge in [0, 0.05) is 38.3 Å². The Balaban J connectivity index is 1.29. The number of hydrogen-bond donors (Lipinski definition) is 2. The first-order chi connectivity index (χ1) is 19.6. The van der Waals surface area contributed by atoms with Crippen LogP contribution in [0.15, 0.2) is 88.6 Å². The van der Waals surface area contributed by atoms with Gasteiger partial charge in [-0.25, -0.2) is 13.1 Å². The van der Waals surface area contributed by atoms with Gasteiger partial charge < -0.3 is 5.32 Å². The van der Waals surface area contributed by atoms with E-state index in [1.54, 1.807) is 42.9 Å². The van der Waals surface area contributed by atoms with Crippen molar-refractivity contribution in [3.05, 3.63) is 111 Å². The molecule has 2 N–H and O–H groups in total. The Morgan fingerprint density at radius 2 is 1.61 bits per heavy atom. The highest BCUT2D eigenvalue weighted by Gasteiger charge is 2.26. The number of nitrogens with one attached hydrogen (secondary N) is 2. The summed E-state index contributed by atoms with van der Waals surface area (Å²) in [7, 11) is -2.62. The second-order valence-electron chi connectivity index (χ2n) is 10.2. The Labute approximate surface area is 244 Å². The van der Waals surface area contributed by atoms with Crippen LogP contribution in [0.2, 0.25) is 5.02 Å². The number of aromatic nitrogens is 2. The maximum atomic E-state index is 13.4. The van der Waals surface area contributed by atoms with Crippen LogP contribution in [-0.4, -0.2) is 47.7 Å². The summed E-state index contributed by atoms with van der Waals surface area (Å²) in [4.78, 5) is 28.4. The van der Waals surface area contributed by atoms with Crippen molar-refractivity contribution in [2.24, 2.45) is 7.05 Å². The van der Waals surface area contributed by atoms with Crippen LogP contribution >= 0.6 is 11.6 Å². The molecule has 41 heavy (non-hydrogen) atoms. The molecule has 11 heteroatoms. The highest BCUT2D eigenvalue weighted by atomic mass is 35.5. The van der Waals surface area contributed by atoms with Crippen molar-refractivity contribution >= 4 is 33.2 Å². The van der Waals surface area contributed by atoms with Crippen LogP contribution in [0, 0.1) is 6.92 Å². The fourth-order valence-corrected chi connectivity index (χ4v) is 6.71. The monoisotopic (exact) mass is 593 g/mol. The van der Waals surface area contributed by atoms with Gasteiger partial charge >= 0.3 is 0 Å². The number of halogens is 1. The van der Waals surface area contributed by atoms with Crippen molar-refractivity contribution in [3.63, 3.8) is 0 Å². The van der Waals surface area contributed by atoms with Gasteiger partial charge in [-0.3, -0.25) is 23.9 Å². The Morgan fingerprint density at radius 1 is 0.976 bits per heavy atom. The molecule has 1 fully saturated rings. The van der Waals surface area contributed by atoms with Crippen LogP contribution < -0.4 is 15.6 Å². The first kappa shape index (κ1) is 28.7. The number of anilines is 1. The Morgan fingerprint density at radius 3 is 2.27 bits per heavy atom. The third-order valence-electron chi connectivity index (χ3n) is 7.45. The van der Waals surface area contributed by atoms with Crippen LogP contribution in [0.5, 0.6) is 0 Å². The molecule has 0 aliphatic carbocycles. The Bertz CT molecular complexity index is 1710. The maximum absolute atomic E-state index is 13.4. The summed E-state index contributed by atoms with van der Waals surface area (Å²) in [5.74, 6) is -0.373. The van der Waals surface area contributed by atoms with Gasteiger partial charge in [0.25, 0.3) is 21.5 Å². The van der Waals surface area contributed by atoms with Crippen molar-refractivity contribution < 1.29 is 13.2 Å². The molecule has 0 atom stereocenters. The molecule has 0 saturated carbocycles. The highest BCUT2D eigenvalue weighted by Crippen LogP contribution is 2.26. The minimum absolute atomic E-state index is 0.0215. The molecule has 1 amide bonds. The predicted molar refractivity (Wildman–Crippen MR) is 160 cm³/mol. The summed E-state index contributed by atoms with van der Waals surface area (Å²) in [5.41, 5.74) is 1.83. The second-order valence-corrected chi connectivity index (χ2v) is 12.3. The molecular formula is C30H32ClN5O4S. The quantitative estimate of drug-likeness (QED) is 0.316. The van der Waals surface area contributed by atoms with Gasteiger partial charge in [-0.2, -0.15) is 0 Å². The molecule has 5 rings (SSSR count). The van der Waals surface area contributed by atoms with E-state index in [9.17, 15) is 18.0 Å². The average molecular weight is 594 g/mol. The summed E-state index contributed by atoms with van der Waals surface area (Å²) in [6, 6.07) is 23.3. The minimum atomic E-state index is -4.30. The van der Waals surface area contributed by atoms with Gasteiger partial charge in [0.1, 0.15) is 10.6 Å². The van der Waals surface area contributed by atoms with E-state index in [1.165, 1.54) is 28.4 Å². The molecular weight excluding hydrogens is 562 g/mol. The molecule has 0 unspecified atom stereocenters. The van der Waals surface area contributed by atoms with Gasteiger partial charge in [-0.15, -0.1) is 0 Å². The van der Waals surface area contributed by atoms with E-state index < -0.39 is 15.6 Å². The van der Waals surface area contributed by atoms with E-state index in [2.05, 4.69) is 27.1 Å². The summed E-state index contributed by atoms with van der Waals surface area (Å²) in [5, 5.41) is 2.98. The SMILES string of the molecule is Cc1c(NS(=O)(=O)c2cc(C(=O)NC3CCN(Cc4ccccc4)CC3)ccc2Cl)c(=O)n(-c2ccccc2)n1C. The number of carbonyl (C=O) groups excluding carboxylic acids is 1. The van der Waals surface area contributed by atoms with Crippen LogP contribution in [0.25, 0.3) is 5.69 Å². The van der Waals surface area contributed by atoms with Gasteiger partial charge in [-0.05, 0) is 55.7 Å². The fourth-order valence-electron chi connectivity index (χ4n) is 5.07. The van der Waals surface area contributed by atoms with E-state index >= 15 is 0 Å². The van der Waals surface area contributed by atoms with Crippen LogP contribution in [0.1, 0.15) is 34.5 Å². The maximum Gasteiger partial charge on any atom is 0.296 e. The molecule has 0 radical (unpaired) electrons. The Kier molecular flexibility index (Phi) is 8.35. The molecule has 214 valence electrons. The molecule has 3 aromatic carbocycles. The first-order valence-corrected chi connectivity index (χ1v) is 15.2. The molecule has 2 heterocycles. The largest absolute Gasteiger partial charge is 0.349 e. The van der Waals surface area contributed by atoms with E-state index in [0.717, 1.165) is 32.5 Å². The second kappa shape index (κ2) is 11.9. The van der Waals surface area contributed by atoms with Crippen LogP contribution in [0.4, 0.5) is 5.69 Å². The zero-order valence-corrected chi connectivity index (χ0v) is 24.5. The standard InChI is InChI=1S/C30H32ClN5O4S/c1-21-28(30(38)36(34(21)2)25-11-7-4-8-12-25)33-41(39,40)27-19-23(13-14-26(27)31)29(37)32-24-15-17-35(18-16-24)20-22-9-5-3-6-10-22/h3-14,19,24,33H,15-18,20H2,1-2H3,(H,32,37). The number of benzene rings is 3. The summed E-state index contributed by atoms with van der Waals surface area (Å²) < 4.78 is 32.3. The molecule has 0 spiro atoms. The van der Waals surface area contributed by atoms with Crippen molar-refractivity contribution in [1.29, 1.82) is 0 Å². The van der Waals surface area contributed by atoms with Crippen molar-refractivity contribution in [3.8, 4) is 5.69 Å². The summed E-state index contributed by atoms with van der Waals surface area (Å²) in [6.45, 7) is 4.21. The molecule has 1 aromatic heterocycles. The minimum Gasteiger partial charge on any atom is -0.349 e. The zero-order valence-electron chi connectivity index (χ0n) is 22.9. The van der Waals surface area contributed by atoms with E-state index in [4.69, 9.17) is 11.6 Å². The van der Waals surface area contributed by atoms with Gasteiger partial charge in [0.05, 0.1) is 16.4 Å². The third-order valence-corrected chi connectivity index (χ3v) is 9.28. The number of sulfonamides is 1. The number of nitrogens with zero attached hydrogens (tertiary/aromatic N) is 3. The normalized spacial score (nSPS) is 14.6. The van der Waals surface area contributed by atoms with E-state index in [0.29, 0.717) is 11.4 Å². The third kappa shape index (κ3) is 6.24. The number of piperidine rings is 1. The zero-order chi connectivity index (χ0) is 29.1. The number of amides is 1. The smallest absolute Gasteiger partial charge is 0.296 e. The lowest BCUT2D eigenvalue weighted by molar-refractivity contribution is 0.0908. The number of para-hydroxylation sites is 1.